The predicted molar refractivity (Wildman–Crippen MR) is 104 cm³/mol. The van der Waals surface area contributed by atoms with Crippen molar-refractivity contribution in [3.63, 3.8) is 0 Å². The molecule has 0 atom stereocenters. The van der Waals surface area contributed by atoms with Gasteiger partial charge < -0.3 is 10.6 Å². The number of carbonyl (C=O) groups is 1. The summed E-state index contributed by atoms with van der Waals surface area (Å²) >= 11 is 0. The number of carbonyl (C=O) groups excluding carboxylic acids is 1. The van der Waals surface area contributed by atoms with Crippen LogP contribution in [0.5, 0.6) is 0 Å². The smallest absolute Gasteiger partial charge is 0.226 e. The van der Waals surface area contributed by atoms with Gasteiger partial charge in [0.2, 0.25) is 5.91 Å². The summed E-state index contributed by atoms with van der Waals surface area (Å²) < 4.78 is 0. The molecule has 0 aliphatic rings. The highest BCUT2D eigenvalue weighted by Gasteiger charge is 2.07. The molecule has 26 heavy (non-hydrogen) atoms. The molecule has 0 radical (unpaired) electrons. The lowest BCUT2D eigenvalue weighted by molar-refractivity contribution is -0.118. The number of rotatable bonds is 5. The van der Waals surface area contributed by atoms with E-state index in [4.69, 9.17) is 0 Å². The molecule has 1 aromatic heterocycles. The molecule has 0 unspecified atom stereocenters. The fraction of sp³-hybridized carbons (Fsp3) is 0.190. The molecule has 0 bridgehead atoms. The van der Waals surface area contributed by atoms with E-state index >= 15 is 0 Å². The summed E-state index contributed by atoms with van der Waals surface area (Å²) in [6, 6.07) is 19.3. The second-order valence-electron chi connectivity index (χ2n) is 6.38. The van der Waals surface area contributed by atoms with Gasteiger partial charge in [0.1, 0.15) is 11.8 Å². The molecule has 0 spiro atoms. The summed E-state index contributed by atoms with van der Waals surface area (Å²) in [5, 5.41) is 16.4. The van der Waals surface area contributed by atoms with Gasteiger partial charge in [-0.25, -0.2) is 4.98 Å². The number of hydrogen-bond donors (Lipinski definition) is 2. The minimum Gasteiger partial charge on any atom is -0.380 e. The van der Waals surface area contributed by atoms with Gasteiger partial charge in [-0.1, -0.05) is 44.2 Å². The van der Waals surface area contributed by atoms with E-state index in [0.29, 0.717) is 12.2 Å². The van der Waals surface area contributed by atoms with Crippen molar-refractivity contribution in [1.82, 2.24) is 4.98 Å². The van der Waals surface area contributed by atoms with Crippen LogP contribution in [-0.4, -0.2) is 10.9 Å². The van der Waals surface area contributed by atoms with Crippen molar-refractivity contribution in [2.75, 3.05) is 10.6 Å². The number of nitrogens with zero attached hydrogens (tertiary/aromatic N) is 2. The SMILES string of the molecule is CC(C)C(=O)Nc1ccc(CNc2cc(C#N)nc3ccccc23)cc1. The van der Waals surface area contributed by atoms with Gasteiger partial charge in [-0.2, -0.15) is 5.26 Å². The topological polar surface area (TPSA) is 77.8 Å². The van der Waals surface area contributed by atoms with Crippen LogP contribution in [-0.2, 0) is 11.3 Å². The molecule has 1 amide bonds. The number of benzene rings is 2. The summed E-state index contributed by atoms with van der Waals surface area (Å²) in [6.07, 6.45) is 0. The van der Waals surface area contributed by atoms with E-state index in [1.54, 1.807) is 6.07 Å². The van der Waals surface area contributed by atoms with Crippen molar-refractivity contribution >= 4 is 28.2 Å². The van der Waals surface area contributed by atoms with Crippen molar-refractivity contribution in [2.24, 2.45) is 5.92 Å². The molecule has 2 N–H and O–H groups in total. The third-order valence-corrected chi connectivity index (χ3v) is 4.06. The van der Waals surface area contributed by atoms with E-state index in [-0.39, 0.29) is 11.8 Å². The fourth-order valence-corrected chi connectivity index (χ4v) is 2.57. The molecule has 0 saturated carbocycles. The van der Waals surface area contributed by atoms with Crippen molar-refractivity contribution in [3.05, 3.63) is 65.9 Å². The molecule has 0 saturated heterocycles. The Bertz CT molecular complexity index is 971. The summed E-state index contributed by atoms with van der Waals surface area (Å²) in [4.78, 5) is 16.1. The second-order valence-corrected chi connectivity index (χ2v) is 6.38. The number of nitriles is 1. The zero-order valence-electron chi connectivity index (χ0n) is 14.8. The van der Waals surface area contributed by atoms with E-state index in [0.717, 1.165) is 27.8 Å². The van der Waals surface area contributed by atoms with Crippen molar-refractivity contribution < 1.29 is 4.79 Å². The maximum atomic E-state index is 11.7. The molecule has 2 aromatic carbocycles. The summed E-state index contributed by atoms with van der Waals surface area (Å²) in [7, 11) is 0. The molecule has 3 aromatic rings. The largest absolute Gasteiger partial charge is 0.380 e. The van der Waals surface area contributed by atoms with E-state index in [1.807, 2.05) is 62.4 Å². The second kappa shape index (κ2) is 7.66. The average Bonchev–Trinajstić information content (AvgIpc) is 2.66. The molecule has 3 rings (SSSR count). The number of anilines is 2. The van der Waals surface area contributed by atoms with Gasteiger partial charge in [0, 0.05) is 29.2 Å². The molecular formula is C21H20N4O. The zero-order chi connectivity index (χ0) is 18.5. The van der Waals surface area contributed by atoms with Crippen molar-refractivity contribution in [2.45, 2.75) is 20.4 Å². The molecule has 5 heteroatoms. The monoisotopic (exact) mass is 344 g/mol. The Morgan fingerprint density at radius 3 is 2.58 bits per heavy atom. The van der Waals surface area contributed by atoms with Gasteiger partial charge in [-0.05, 0) is 29.8 Å². The summed E-state index contributed by atoms with van der Waals surface area (Å²) in [6.45, 7) is 4.33. The van der Waals surface area contributed by atoms with E-state index in [9.17, 15) is 10.1 Å². The van der Waals surface area contributed by atoms with Crippen LogP contribution in [0.2, 0.25) is 0 Å². The number of aromatic nitrogens is 1. The highest BCUT2D eigenvalue weighted by molar-refractivity contribution is 5.92. The normalized spacial score (nSPS) is 10.5. The lowest BCUT2D eigenvalue weighted by Gasteiger charge is -2.11. The van der Waals surface area contributed by atoms with E-state index in [1.165, 1.54) is 0 Å². The standard InChI is InChI=1S/C21H20N4O/c1-14(2)21(26)25-16-9-7-15(8-10-16)13-23-20-11-17(12-22)24-19-6-4-3-5-18(19)20/h3-11,14H,13H2,1-2H3,(H,23,24)(H,25,26). The molecule has 1 heterocycles. The van der Waals surface area contributed by atoms with Crippen LogP contribution in [0.15, 0.2) is 54.6 Å². The summed E-state index contributed by atoms with van der Waals surface area (Å²) in [5.74, 6) is -0.0474. The Kier molecular flexibility index (Phi) is 5.14. The molecule has 130 valence electrons. The van der Waals surface area contributed by atoms with Crippen molar-refractivity contribution in [3.8, 4) is 6.07 Å². The maximum Gasteiger partial charge on any atom is 0.226 e. The van der Waals surface area contributed by atoms with Crippen molar-refractivity contribution in [1.29, 1.82) is 5.26 Å². The van der Waals surface area contributed by atoms with Crippen LogP contribution in [0.4, 0.5) is 11.4 Å². The van der Waals surface area contributed by atoms with Gasteiger partial charge in [0.25, 0.3) is 0 Å². The first-order valence-corrected chi connectivity index (χ1v) is 8.50. The fourth-order valence-electron chi connectivity index (χ4n) is 2.57. The van der Waals surface area contributed by atoms with Crippen LogP contribution in [0, 0.1) is 17.2 Å². The van der Waals surface area contributed by atoms with Crippen LogP contribution in [0.3, 0.4) is 0 Å². The molecule has 0 aliphatic carbocycles. The number of fused-ring (bicyclic) bond motifs is 1. The molecule has 5 nitrogen and oxygen atoms in total. The number of nitrogens with one attached hydrogen (secondary N) is 2. The Morgan fingerprint density at radius 1 is 1.15 bits per heavy atom. The average molecular weight is 344 g/mol. The third kappa shape index (κ3) is 3.98. The first kappa shape index (κ1) is 17.4. The minimum atomic E-state index is -0.0503. The van der Waals surface area contributed by atoms with E-state index < -0.39 is 0 Å². The van der Waals surface area contributed by atoms with Crippen LogP contribution in [0.1, 0.15) is 25.1 Å². The highest BCUT2D eigenvalue weighted by Crippen LogP contribution is 2.23. The van der Waals surface area contributed by atoms with Gasteiger partial charge in [0.15, 0.2) is 0 Å². The van der Waals surface area contributed by atoms with E-state index in [2.05, 4.69) is 21.7 Å². The van der Waals surface area contributed by atoms with Gasteiger partial charge in [-0.3, -0.25) is 4.79 Å². The minimum absolute atomic E-state index is 0.00293. The number of hydrogen-bond acceptors (Lipinski definition) is 4. The number of amides is 1. The zero-order valence-corrected chi connectivity index (χ0v) is 14.8. The van der Waals surface area contributed by atoms with Crippen LogP contribution in [0.25, 0.3) is 10.9 Å². The Labute approximate surface area is 152 Å². The first-order chi connectivity index (χ1) is 12.6. The summed E-state index contributed by atoms with van der Waals surface area (Å²) in [5.41, 5.74) is 3.92. The Balaban J connectivity index is 1.74. The quantitative estimate of drug-likeness (QED) is 0.723. The highest BCUT2D eigenvalue weighted by atomic mass is 16.1. The van der Waals surface area contributed by atoms with Gasteiger partial charge in [0.05, 0.1) is 5.52 Å². The molecule has 0 aliphatic heterocycles. The number of pyridine rings is 1. The third-order valence-electron chi connectivity index (χ3n) is 4.06. The lowest BCUT2D eigenvalue weighted by Crippen LogP contribution is -2.17. The van der Waals surface area contributed by atoms with Crippen LogP contribution >= 0.6 is 0 Å². The first-order valence-electron chi connectivity index (χ1n) is 8.50. The lowest BCUT2D eigenvalue weighted by atomic mass is 10.1. The van der Waals surface area contributed by atoms with Crippen LogP contribution < -0.4 is 10.6 Å². The predicted octanol–water partition coefficient (Wildman–Crippen LogP) is 4.31. The van der Waals surface area contributed by atoms with Gasteiger partial charge in [-0.15, -0.1) is 0 Å². The van der Waals surface area contributed by atoms with Gasteiger partial charge >= 0.3 is 0 Å². The Hall–Kier alpha value is -3.39. The number of para-hydroxylation sites is 1. The maximum absolute atomic E-state index is 11.7. The Morgan fingerprint density at radius 2 is 1.88 bits per heavy atom. The molecular weight excluding hydrogens is 324 g/mol. The molecule has 0 fully saturated rings.